The Kier molecular flexibility index (Phi) is 7.03. The van der Waals surface area contributed by atoms with Crippen LogP contribution in [0.15, 0.2) is 12.2 Å². The number of hydrogen-bond acceptors (Lipinski definition) is 5. The number of carbonyl (C=O) groups excluding carboxylic acids is 1. The lowest BCUT2D eigenvalue weighted by atomic mass is 10.2. The van der Waals surface area contributed by atoms with Crippen LogP contribution in [0.5, 0.6) is 0 Å². The number of aliphatic hydroxyl groups is 2. The molecule has 0 saturated carbocycles. The molecular weight excluding hydrogens is 222 g/mol. The van der Waals surface area contributed by atoms with Crippen molar-refractivity contribution in [2.45, 2.75) is 38.5 Å². The first-order valence-corrected chi connectivity index (χ1v) is 5.59. The van der Waals surface area contributed by atoms with E-state index in [9.17, 15) is 4.79 Å². The highest BCUT2D eigenvalue weighted by Crippen LogP contribution is 2.12. The summed E-state index contributed by atoms with van der Waals surface area (Å²) in [5, 5.41) is 17.6. The van der Waals surface area contributed by atoms with E-state index in [0.29, 0.717) is 6.47 Å². The molecule has 100 valence electrons. The molecule has 0 spiro atoms. The van der Waals surface area contributed by atoms with Gasteiger partial charge >= 0.3 is 0 Å². The first kappa shape index (κ1) is 16.1. The van der Waals surface area contributed by atoms with Crippen LogP contribution < -0.4 is 0 Å². The van der Waals surface area contributed by atoms with Crippen molar-refractivity contribution in [3.63, 3.8) is 0 Å². The van der Waals surface area contributed by atoms with Crippen LogP contribution in [0.4, 0.5) is 0 Å². The van der Waals surface area contributed by atoms with E-state index in [4.69, 9.17) is 10.2 Å². The number of aliphatic hydroxyl groups excluding tert-OH is 2. The summed E-state index contributed by atoms with van der Waals surface area (Å²) in [4.78, 5) is 11.5. The molecule has 0 aliphatic carbocycles. The van der Waals surface area contributed by atoms with Crippen molar-refractivity contribution >= 4 is 6.47 Å². The molecule has 0 aromatic carbocycles. The van der Waals surface area contributed by atoms with Crippen LogP contribution in [0, 0.1) is 0 Å². The highest BCUT2D eigenvalue weighted by atomic mass is 16.5. The second kappa shape index (κ2) is 7.42. The van der Waals surface area contributed by atoms with E-state index < -0.39 is 0 Å². The maximum atomic E-state index is 9.60. The predicted molar refractivity (Wildman–Crippen MR) is 65.6 cm³/mol. The smallest absolute Gasteiger partial charge is 0.293 e. The lowest BCUT2D eigenvalue weighted by Gasteiger charge is -2.22. The number of rotatable bonds is 3. The van der Waals surface area contributed by atoms with Gasteiger partial charge in [-0.15, -0.1) is 0 Å². The maximum absolute atomic E-state index is 9.60. The van der Waals surface area contributed by atoms with Gasteiger partial charge in [-0.25, -0.2) is 0 Å². The minimum Gasteiger partial charge on any atom is -0.462 e. The molecule has 1 rings (SSSR count). The van der Waals surface area contributed by atoms with Crippen molar-refractivity contribution in [1.82, 2.24) is 4.90 Å². The monoisotopic (exact) mass is 245 g/mol. The Morgan fingerprint density at radius 3 is 1.76 bits per heavy atom. The molecule has 0 aromatic rings. The second-order valence-corrected chi connectivity index (χ2v) is 4.88. The molecule has 5 nitrogen and oxygen atoms in total. The molecule has 2 N–H and O–H groups in total. The van der Waals surface area contributed by atoms with Gasteiger partial charge in [-0.05, 0) is 27.8 Å². The summed E-state index contributed by atoms with van der Waals surface area (Å²) in [5.74, 6) is 0. The maximum Gasteiger partial charge on any atom is 0.293 e. The van der Waals surface area contributed by atoms with Crippen molar-refractivity contribution in [1.29, 1.82) is 0 Å². The van der Waals surface area contributed by atoms with Gasteiger partial charge in [-0.1, -0.05) is 12.2 Å². The molecule has 1 heterocycles. The summed E-state index contributed by atoms with van der Waals surface area (Å²) in [5.41, 5.74) is -0.318. The molecular formula is C12H23NO4. The Morgan fingerprint density at radius 1 is 1.24 bits per heavy atom. The van der Waals surface area contributed by atoms with Crippen LogP contribution in [-0.4, -0.2) is 59.5 Å². The Labute approximate surface area is 103 Å². The van der Waals surface area contributed by atoms with E-state index in [-0.39, 0.29) is 30.9 Å². The van der Waals surface area contributed by atoms with Crippen molar-refractivity contribution in [2.75, 3.05) is 20.3 Å². The Balaban J connectivity index is 0.000000325. The van der Waals surface area contributed by atoms with Crippen LogP contribution in [-0.2, 0) is 9.53 Å². The van der Waals surface area contributed by atoms with Gasteiger partial charge in [-0.3, -0.25) is 9.69 Å². The van der Waals surface area contributed by atoms with Crippen molar-refractivity contribution in [2.24, 2.45) is 0 Å². The highest BCUT2D eigenvalue weighted by molar-refractivity contribution is 5.37. The molecule has 1 aliphatic heterocycles. The van der Waals surface area contributed by atoms with E-state index in [2.05, 4.69) is 4.74 Å². The van der Waals surface area contributed by atoms with E-state index in [1.165, 1.54) is 0 Å². The zero-order chi connectivity index (χ0) is 13.5. The van der Waals surface area contributed by atoms with Crippen molar-refractivity contribution < 1.29 is 19.7 Å². The van der Waals surface area contributed by atoms with Gasteiger partial charge < -0.3 is 14.9 Å². The summed E-state index contributed by atoms with van der Waals surface area (Å²) in [6, 6.07) is 0.189. The molecule has 2 atom stereocenters. The Bertz CT molecular complexity index is 233. The van der Waals surface area contributed by atoms with Crippen LogP contribution in [0.25, 0.3) is 0 Å². The SMILES string of the molecule is CC(C)(C)OC=O.CN1C(CO)C=CC1CO. The molecule has 0 amide bonds. The van der Waals surface area contributed by atoms with Gasteiger partial charge in [0.1, 0.15) is 5.60 Å². The van der Waals surface area contributed by atoms with E-state index in [1.807, 2.05) is 44.9 Å². The molecule has 0 bridgehead atoms. The van der Waals surface area contributed by atoms with Gasteiger partial charge in [0.05, 0.1) is 25.3 Å². The lowest BCUT2D eigenvalue weighted by molar-refractivity contribution is -0.138. The summed E-state index contributed by atoms with van der Waals surface area (Å²) in [6.07, 6.45) is 3.84. The predicted octanol–water partition coefficient (Wildman–Crippen LogP) is 0.168. The number of nitrogens with zero attached hydrogens (tertiary/aromatic N) is 1. The Hall–Kier alpha value is -0.910. The van der Waals surface area contributed by atoms with Crippen LogP contribution in [0.2, 0.25) is 0 Å². The first-order chi connectivity index (χ1) is 7.85. The van der Waals surface area contributed by atoms with Crippen molar-refractivity contribution in [3.05, 3.63) is 12.2 Å². The van der Waals surface area contributed by atoms with Crippen LogP contribution in [0.1, 0.15) is 20.8 Å². The minimum absolute atomic E-state index is 0.0946. The summed E-state index contributed by atoms with van der Waals surface area (Å²) >= 11 is 0. The minimum atomic E-state index is -0.318. The summed E-state index contributed by atoms with van der Waals surface area (Å²) < 4.78 is 4.55. The fraction of sp³-hybridized carbons (Fsp3) is 0.750. The first-order valence-electron chi connectivity index (χ1n) is 5.59. The van der Waals surface area contributed by atoms with Gasteiger partial charge in [0.25, 0.3) is 6.47 Å². The van der Waals surface area contributed by atoms with Crippen LogP contribution >= 0.6 is 0 Å². The van der Waals surface area contributed by atoms with Gasteiger partial charge in [0, 0.05) is 0 Å². The number of carbonyl (C=O) groups is 1. The normalized spacial score (nSPS) is 24.1. The molecule has 0 saturated heterocycles. The zero-order valence-corrected chi connectivity index (χ0v) is 11.0. The molecule has 0 fully saturated rings. The molecule has 1 aliphatic rings. The van der Waals surface area contributed by atoms with E-state index in [1.54, 1.807) is 0 Å². The third kappa shape index (κ3) is 6.41. The summed E-state index contributed by atoms with van der Waals surface area (Å²) in [6.45, 7) is 6.18. The molecule has 17 heavy (non-hydrogen) atoms. The van der Waals surface area contributed by atoms with Gasteiger partial charge in [0.15, 0.2) is 0 Å². The molecule has 0 radical (unpaired) electrons. The van der Waals surface area contributed by atoms with Gasteiger partial charge in [0.2, 0.25) is 0 Å². The quantitative estimate of drug-likeness (QED) is 0.548. The zero-order valence-electron chi connectivity index (χ0n) is 11.0. The number of ether oxygens (including phenoxy) is 1. The summed E-state index contributed by atoms with van der Waals surface area (Å²) in [7, 11) is 1.89. The van der Waals surface area contributed by atoms with E-state index in [0.717, 1.165) is 0 Å². The standard InChI is InChI=1S/C7H13NO2.C5H10O2/c1-8-6(4-9)2-3-7(8)5-10;1-5(2,3)7-4-6/h2-3,6-7,9-10H,4-5H2,1H3;4H,1-3H3. The Morgan fingerprint density at radius 2 is 1.65 bits per heavy atom. The molecule has 0 aromatic heterocycles. The largest absolute Gasteiger partial charge is 0.462 e. The fourth-order valence-electron chi connectivity index (χ4n) is 1.30. The van der Waals surface area contributed by atoms with Crippen LogP contribution in [0.3, 0.4) is 0 Å². The third-order valence-electron chi connectivity index (χ3n) is 2.38. The van der Waals surface area contributed by atoms with Crippen molar-refractivity contribution in [3.8, 4) is 0 Å². The lowest BCUT2D eigenvalue weighted by Crippen LogP contribution is -2.37. The average Bonchev–Trinajstić information content (AvgIpc) is 2.58. The number of hydrogen-bond donors (Lipinski definition) is 2. The number of likely N-dealkylation sites (N-methyl/N-ethyl adjacent to an activating group) is 1. The topological polar surface area (TPSA) is 70.0 Å². The third-order valence-corrected chi connectivity index (χ3v) is 2.38. The second-order valence-electron chi connectivity index (χ2n) is 4.88. The average molecular weight is 245 g/mol. The van der Waals surface area contributed by atoms with E-state index >= 15 is 0 Å². The van der Waals surface area contributed by atoms with Gasteiger partial charge in [-0.2, -0.15) is 0 Å². The molecule has 5 heteroatoms. The highest BCUT2D eigenvalue weighted by Gasteiger charge is 2.22. The fourth-order valence-corrected chi connectivity index (χ4v) is 1.30. The molecule has 2 unspecified atom stereocenters.